The number of carbonyl (C=O) groups is 1. The van der Waals surface area contributed by atoms with E-state index in [4.69, 9.17) is 25.8 Å². The van der Waals surface area contributed by atoms with Gasteiger partial charge in [0.15, 0.2) is 11.5 Å². The number of likely N-dealkylation sites (N-methyl/N-ethyl adjacent to an activating group) is 1. The van der Waals surface area contributed by atoms with E-state index in [0.717, 1.165) is 23.6 Å². The van der Waals surface area contributed by atoms with E-state index in [2.05, 4.69) is 5.32 Å². The maximum atomic E-state index is 12.4. The summed E-state index contributed by atoms with van der Waals surface area (Å²) in [6.45, 7) is 3.93. The summed E-state index contributed by atoms with van der Waals surface area (Å²) in [6, 6.07) is 11.0. The Balaban J connectivity index is 1.59. The molecule has 0 aromatic heterocycles. The maximum absolute atomic E-state index is 12.4. The predicted molar refractivity (Wildman–Crippen MR) is 100 cm³/mol. The predicted octanol–water partition coefficient (Wildman–Crippen LogP) is 3.54. The number of hydrogen-bond donors (Lipinski definition) is 1. The van der Waals surface area contributed by atoms with Gasteiger partial charge < -0.3 is 19.5 Å². The number of nitrogens with zero attached hydrogens (tertiary/aromatic N) is 1. The number of benzene rings is 2. The van der Waals surface area contributed by atoms with Crippen LogP contribution in [-0.4, -0.2) is 37.8 Å². The van der Waals surface area contributed by atoms with E-state index in [1.165, 1.54) is 0 Å². The van der Waals surface area contributed by atoms with Gasteiger partial charge in [-0.15, -0.1) is 0 Å². The molecule has 1 aliphatic rings. The van der Waals surface area contributed by atoms with Crippen LogP contribution in [-0.2, 0) is 11.3 Å². The van der Waals surface area contributed by atoms with Gasteiger partial charge in [-0.3, -0.25) is 9.69 Å². The van der Waals surface area contributed by atoms with Crippen LogP contribution in [0, 0.1) is 0 Å². The van der Waals surface area contributed by atoms with Crippen LogP contribution >= 0.6 is 11.6 Å². The highest BCUT2D eigenvalue weighted by molar-refractivity contribution is 6.32. The molecule has 7 heteroatoms. The number of fused-ring (bicyclic) bond motifs is 1. The van der Waals surface area contributed by atoms with Crippen molar-refractivity contribution in [3.8, 4) is 17.2 Å². The lowest BCUT2D eigenvalue weighted by atomic mass is 10.2. The van der Waals surface area contributed by atoms with E-state index in [1.807, 2.05) is 30.0 Å². The molecule has 0 atom stereocenters. The fourth-order valence-corrected chi connectivity index (χ4v) is 2.98. The van der Waals surface area contributed by atoms with Crippen LogP contribution in [0.5, 0.6) is 17.2 Å². The number of methoxy groups -OCH3 is 1. The lowest BCUT2D eigenvalue weighted by molar-refractivity contribution is -0.117. The first-order chi connectivity index (χ1) is 12.6. The molecule has 3 rings (SSSR count). The Morgan fingerprint density at radius 1 is 1.23 bits per heavy atom. The minimum absolute atomic E-state index is 0.103. The summed E-state index contributed by atoms with van der Waals surface area (Å²) in [5.74, 6) is 1.97. The van der Waals surface area contributed by atoms with E-state index >= 15 is 0 Å². The molecule has 1 N–H and O–H groups in total. The highest BCUT2D eigenvalue weighted by atomic mass is 35.5. The van der Waals surface area contributed by atoms with Gasteiger partial charge in [-0.25, -0.2) is 0 Å². The van der Waals surface area contributed by atoms with Gasteiger partial charge in [-0.1, -0.05) is 24.6 Å². The zero-order chi connectivity index (χ0) is 18.5. The van der Waals surface area contributed by atoms with Crippen molar-refractivity contribution in [3.05, 3.63) is 47.0 Å². The molecule has 1 aliphatic heterocycles. The fraction of sp³-hybridized carbons (Fsp3) is 0.316. The molecular formula is C19H21ClN2O4. The normalized spacial score (nSPS) is 12.3. The molecule has 0 saturated carbocycles. The topological polar surface area (TPSA) is 60.0 Å². The van der Waals surface area contributed by atoms with E-state index in [0.29, 0.717) is 23.0 Å². The van der Waals surface area contributed by atoms with E-state index < -0.39 is 0 Å². The minimum atomic E-state index is -0.103. The third-order valence-corrected chi connectivity index (χ3v) is 4.39. The molecule has 26 heavy (non-hydrogen) atoms. The molecule has 2 aromatic rings. The second-order valence-electron chi connectivity index (χ2n) is 5.89. The number of carbonyl (C=O) groups excluding carboxylic acids is 1. The molecule has 0 unspecified atom stereocenters. The Morgan fingerprint density at radius 3 is 2.77 bits per heavy atom. The number of hydrogen-bond acceptors (Lipinski definition) is 5. The van der Waals surface area contributed by atoms with Crippen LogP contribution in [0.25, 0.3) is 0 Å². The Kier molecular flexibility index (Phi) is 5.85. The average molecular weight is 377 g/mol. The third kappa shape index (κ3) is 4.39. The first-order valence-corrected chi connectivity index (χ1v) is 8.71. The summed E-state index contributed by atoms with van der Waals surface area (Å²) in [7, 11) is 1.55. The summed E-state index contributed by atoms with van der Waals surface area (Å²) < 4.78 is 15.8. The number of rotatable bonds is 7. The molecule has 0 aliphatic carbocycles. The van der Waals surface area contributed by atoms with Crippen molar-refractivity contribution in [2.24, 2.45) is 0 Å². The fourth-order valence-electron chi connectivity index (χ4n) is 2.72. The molecule has 0 fully saturated rings. The van der Waals surface area contributed by atoms with Gasteiger partial charge in [0, 0.05) is 12.2 Å². The summed E-state index contributed by atoms with van der Waals surface area (Å²) in [6.07, 6.45) is 0. The van der Waals surface area contributed by atoms with Gasteiger partial charge in [0.2, 0.25) is 12.7 Å². The summed E-state index contributed by atoms with van der Waals surface area (Å²) in [5.41, 5.74) is 1.70. The van der Waals surface area contributed by atoms with Gasteiger partial charge in [0.05, 0.1) is 18.7 Å². The van der Waals surface area contributed by atoms with Crippen LogP contribution < -0.4 is 19.5 Å². The van der Waals surface area contributed by atoms with Crippen LogP contribution in [0.2, 0.25) is 5.02 Å². The van der Waals surface area contributed by atoms with E-state index in [9.17, 15) is 4.79 Å². The average Bonchev–Trinajstić information content (AvgIpc) is 3.09. The first kappa shape index (κ1) is 18.4. The molecular weight excluding hydrogens is 356 g/mol. The molecule has 0 saturated heterocycles. The van der Waals surface area contributed by atoms with Crippen molar-refractivity contribution >= 4 is 23.2 Å². The van der Waals surface area contributed by atoms with Gasteiger partial charge in [-0.2, -0.15) is 0 Å². The van der Waals surface area contributed by atoms with Crippen LogP contribution in [0.15, 0.2) is 36.4 Å². The number of amides is 1. The van der Waals surface area contributed by atoms with Gasteiger partial charge in [-0.05, 0) is 42.4 Å². The Bertz CT molecular complexity index is 797. The number of ether oxygens (including phenoxy) is 3. The lowest BCUT2D eigenvalue weighted by Crippen LogP contribution is -2.32. The monoisotopic (exact) mass is 376 g/mol. The van der Waals surface area contributed by atoms with Crippen molar-refractivity contribution in [2.75, 3.05) is 32.3 Å². The number of nitrogens with one attached hydrogen (secondary N) is 1. The molecule has 0 spiro atoms. The van der Waals surface area contributed by atoms with E-state index in [1.54, 1.807) is 25.3 Å². The first-order valence-electron chi connectivity index (χ1n) is 8.33. The molecule has 0 radical (unpaired) electrons. The van der Waals surface area contributed by atoms with Crippen LogP contribution in [0.3, 0.4) is 0 Å². The molecule has 1 amide bonds. The van der Waals surface area contributed by atoms with Crippen molar-refractivity contribution in [1.82, 2.24) is 4.90 Å². The van der Waals surface area contributed by atoms with Crippen LogP contribution in [0.1, 0.15) is 12.5 Å². The molecule has 1 heterocycles. The molecule has 6 nitrogen and oxygen atoms in total. The number of anilines is 1. The SMILES string of the molecule is CCN(CC(=O)Nc1ccc(OC)c(Cl)c1)Cc1ccc2c(c1)OCO2. The quantitative estimate of drug-likeness (QED) is 0.801. The summed E-state index contributed by atoms with van der Waals surface area (Å²) >= 11 is 6.09. The second kappa shape index (κ2) is 8.29. The Morgan fingerprint density at radius 2 is 2.04 bits per heavy atom. The molecule has 2 aromatic carbocycles. The highest BCUT2D eigenvalue weighted by Gasteiger charge is 2.16. The largest absolute Gasteiger partial charge is 0.495 e. The van der Waals surface area contributed by atoms with Gasteiger partial charge in [0.1, 0.15) is 5.75 Å². The Labute approximate surface area is 157 Å². The summed E-state index contributed by atoms with van der Waals surface area (Å²) in [5, 5.41) is 3.32. The summed E-state index contributed by atoms with van der Waals surface area (Å²) in [4.78, 5) is 14.4. The van der Waals surface area contributed by atoms with Gasteiger partial charge in [0.25, 0.3) is 0 Å². The smallest absolute Gasteiger partial charge is 0.238 e. The van der Waals surface area contributed by atoms with Crippen molar-refractivity contribution in [1.29, 1.82) is 0 Å². The molecule has 138 valence electrons. The standard InChI is InChI=1S/C19H21ClN2O4/c1-3-22(10-13-4-6-17-18(8-13)26-12-25-17)11-19(23)21-14-5-7-16(24-2)15(20)9-14/h4-9H,3,10-12H2,1-2H3,(H,21,23). The van der Waals surface area contributed by atoms with Crippen molar-refractivity contribution in [2.45, 2.75) is 13.5 Å². The lowest BCUT2D eigenvalue weighted by Gasteiger charge is -2.20. The Hall–Kier alpha value is -2.44. The highest BCUT2D eigenvalue weighted by Crippen LogP contribution is 2.32. The zero-order valence-electron chi connectivity index (χ0n) is 14.8. The van der Waals surface area contributed by atoms with Gasteiger partial charge >= 0.3 is 0 Å². The second-order valence-corrected chi connectivity index (χ2v) is 6.30. The van der Waals surface area contributed by atoms with Crippen molar-refractivity contribution in [3.63, 3.8) is 0 Å². The number of halogens is 1. The third-order valence-electron chi connectivity index (χ3n) is 4.09. The molecule has 0 bridgehead atoms. The van der Waals surface area contributed by atoms with E-state index in [-0.39, 0.29) is 19.2 Å². The zero-order valence-corrected chi connectivity index (χ0v) is 15.5. The van der Waals surface area contributed by atoms with Crippen LogP contribution in [0.4, 0.5) is 5.69 Å². The minimum Gasteiger partial charge on any atom is -0.495 e. The van der Waals surface area contributed by atoms with Crippen molar-refractivity contribution < 1.29 is 19.0 Å². The maximum Gasteiger partial charge on any atom is 0.238 e.